The van der Waals surface area contributed by atoms with Gasteiger partial charge in [0.25, 0.3) is 0 Å². The first-order valence-corrected chi connectivity index (χ1v) is 6.36. The summed E-state index contributed by atoms with van der Waals surface area (Å²) >= 11 is 0. The summed E-state index contributed by atoms with van der Waals surface area (Å²) in [5.41, 5.74) is 1.06. The van der Waals surface area contributed by atoms with Gasteiger partial charge in [-0.2, -0.15) is 0 Å². The largest absolute Gasteiger partial charge is 0.492 e. The van der Waals surface area contributed by atoms with Crippen molar-refractivity contribution in [2.24, 2.45) is 11.8 Å². The van der Waals surface area contributed by atoms with E-state index in [4.69, 9.17) is 4.74 Å². The summed E-state index contributed by atoms with van der Waals surface area (Å²) in [6, 6.07) is 4.00. The van der Waals surface area contributed by atoms with E-state index in [1.54, 1.807) is 6.20 Å². The molecular formula is C14H24N2O. The Morgan fingerprint density at radius 2 is 1.94 bits per heavy atom. The maximum absolute atomic E-state index is 5.58. The van der Waals surface area contributed by atoms with E-state index in [9.17, 15) is 0 Å². The molecule has 0 fully saturated rings. The molecule has 0 amide bonds. The number of nitrogens with zero attached hydrogens (tertiary/aromatic N) is 1. The normalized spacial score (nSPS) is 11.2. The number of aromatic nitrogens is 1. The molecule has 17 heavy (non-hydrogen) atoms. The van der Waals surface area contributed by atoms with Gasteiger partial charge in [0.1, 0.15) is 5.75 Å². The molecule has 0 aliphatic rings. The highest BCUT2D eigenvalue weighted by Gasteiger charge is 1.99. The third-order valence-electron chi connectivity index (χ3n) is 2.24. The Hall–Kier alpha value is -1.09. The van der Waals surface area contributed by atoms with Crippen LogP contribution in [0.15, 0.2) is 18.3 Å². The Kier molecular flexibility index (Phi) is 5.98. The molecule has 0 bridgehead atoms. The van der Waals surface area contributed by atoms with Crippen molar-refractivity contribution in [1.82, 2.24) is 10.3 Å². The van der Waals surface area contributed by atoms with E-state index in [0.717, 1.165) is 31.1 Å². The van der Waals surface area contributed by atoms with E-state index >= 15 is 0 Å². The fraction of sp³-hybridized carbons (Fsp3) is 0.643. The molecule has 0 radical (unpaired) electrons. The van der Waals surface area contributed by atoms with Gasteiger partial charge in [-0.25, -0.2) is 0 Å². The Balaban J connectivity index is 2.34. The van der Waals surface area contributed by atoms with E-state index in [1.807, 2.05) is 12.1 Å². The zero-order valence-corrected chi connectivity index (χ0v) is 11.4. The standard InChI is InChI=1S/C14H24N2O/c1-11(2)7-15-8-13-5-6-14(9-16-13)17-10-12(3)4/h5-6,9,11-12,15H,7-8,10H2,1-4H3. The Morgan fingerprint density at radius 3 is 2.47 bits per heavy atom. The third kappa shape index (κ3) is 6.27. The first kappa shape index (κ1) is 14.0. The zero-order valence-electron chi connectivity index (χ0n) is 11.4. The second-order valence-electron chi connectivity index (χ2n) is 5.21. The molecule has 0 aliphatic heterocycles. The van der Waals surface area contributed by atoms with E-state index in [-0.39, 0.29) is 0 Å². The minimum atomic E-state index is 0.544. The fourth-order valence-corrected chi connectivity index (χ4v) is 1.35. The summed E-state index contributed by atoms with van der Waals surface area (Å²) < 4.78 is 5.58. The molecule has 1 heterocycles. The van der Waals surface area contributed by atoms with Crippen molar-refractivity contribution in [2.75, 3.05) is 13.2 Å². The minimum Gasteiger partial charge on any atom is -0.492 e. The van der Waals surface area contributed by atoms with Crippen molar-refractivity contribution in [3.05, 3.63) is 24.0 Å². The molecule has 96 valence electrons. The molecule has 0 atom stereocenters. The average Bonchev–Trinajstić information content (AvgIpc) is 2.27. The van der Waals surface area contributed by atoms with Gasteiger partial charge in [-0.05, 0) is 30.5 Å². The summed E-state index contributed by atoms with van der Waals surface area (Å²) in [6.07, 6.45) is 1.80. The lowest BCUT2D eigenvalue weighted by Crippen LogP contribution is -2.19. The van der Waals surface area contributed by atoms with Crippen LogP contribution in [0.1, 0.15) is 33.4 Å². The van der Waals surface area contributed by atoms with Crippen molar-refractivity contribution in [3.63, 3.8) is 0 Å². The van der Waals surface area contributed by atoms with Crippen LogP contribution in [0.25, 0.3) is 0 Å². The Morgan fingerprint density at radius 1 is 1.18 bits per heavy atom. The molecule has 0 spiro atoms. The first-order chi connectivity index (χ1) is 8.08. The van der Waals surface area contributed by atoms with Crippen molar-refractivity contribution in [2.45, 2.75) is 34.2 Å². The summed E-state index contributed by atoms with van der Waals surface area (Å²) in [4.78, 5) is 4.37. The summed E-state index contributed by atoms with van der Waals surface area (Å²) in [6.45, 7) is 11.3. The molecule has 0 aromatic carbocycles. The smallest absolute Gasteiger partial charge is 0.137 e. The second kappa shape index (κ2) is 7.28. The number of hydrogen-bond donors (Lipinski definition) is 1. The van der Waals surface area contributed by atoms with Crippen molar-refractivity contribution in [1.29, 1.82) is 0 Å². The van der Waals surface area contributed by atoms with Crippen LogP contribution in [0.2, 0.25) is 0 Å². The number of nitrogens with one attached hydrogen (secondary N) is 1. The van der Waals surface area contributed by atoms with Gasteiger partial charge < -0.3 is 10.1 Å². The van der Waals surface area contributed by atoms with E-state index in [2.05, 4.69) is 38.0 Å². The molecule has 0 saturated carbocycles. The number of rotatable bonds is 7. The van der Waals surface area contributed by atoms with Crippen LogP contribution in [0.3, 0.4) is 0 Å². The fourth-order valence-electron chi connectivity index (χ4n) is 1.35. The lowest BCUT2D eigenvalue weighted by molar-refractivity contribution is 0.270. The average molecular weight is 236 g/mol. The topological polar surface area (TPSA) is 34.1 Å². The van der Waals surface area contributed by atoms with E-state index in [1.165, 1.54) is 0 Å². The van der Waals surface area contributed by atoms with E-state index < -0.39 is 0 Å². The van der Waals surface area contributed by atoms with Gasteiger partial charge in [0.2, 0.25) is 0 Å². The highest BCUT2D eigenvalue weighted by atomic mass is 16.5. The van der Waals surface area contributed by atoms with Crippen LogP contribution in [0, 0.1) is 11.8 Å². The molecule has 0 saturated heterocycles. The summed E-state index contributed by atoms with van der Waals surface area (Å²) in [7, 11) is 0. The quantitative estimate of drug-likeness (QED) is 0.790. The molecule has 0 unspecified atom stereocenters. The molecule has 3 nitrogen and oxygen atoms in total. The van der Waals surface area contributed by atoms with Crippen LogP contribution >= 0.6 is 0 Å². The Labute approximate surface area is 105 Å². The van der Waals surface area contributed by atoms with Crippen LogP contribution in [-0.4, -0.2) is 18.1 Å². The SMILES string of the molecule is CC(C)CNCc1ccc(OCC(C)C)cn1. The summed E-state index contributed by atoms with van der Waals surface area (Å²) in [5.74, 6) is 2.07. The van der Waals surface area contributed by atoms with Crippen molar-refractivity contribution in [3.8, 4) is 5.75 Å². The van der Waals surface area contributed by atoms with Crippen LogP contribution in [0.4, 0.5) is 0 Å². The van der Waals surface area contributed by atoms with Crippen molar-refractivity contribution < 1.29 is 4.74 Å². The molecular weight excluding hydrogens is 212 g/mol. The lowest BCUT2D eigenvalue weighted by Gasteiger charge is -2.09. The maximum Gasteiger partial charge on any atom is 0.137 e. The predicted molar refractivity (Wildman–Crippen MR) is 71.1 cm³/mol. The maximum atomic E-state index is 5.58. The van der Waals surface area contributed by atoms with E-state index in [0.29, 0.717) is 11.8 Å². The summed E-state index contributed by atoms with van der Waals surface area (Å²) in [5, 5.41) is 3.37. The van der Waals surface area contributed by atoms with Crippen LogP contribution in [0.5, 0.6) is 5.75 Å². The molecule has 1 aromatic heterocycles. The highest BCUT2D eigenvalue weighted by molar-refractivity contribution is 5.19. The van der Waals surface area contributed by atoms with Crippen LogP contribution in [-0.2, 0) is 6.54 Å². The van der Waals surface area contributed by atoms with Gasteiger partial charge >= 0.3 is 0 Å². The predicted octanol–water partition coefficient (Wildman–Crippen LogP) is 2.86. The molecule has 1 rings (SSSR count). The lowest BCUT2D eigenvalue weighted by atomic mass is 10.2. The molecule has 3 heteroatoms. The van der Waals surface area contributed by atoms with Gasteiger partial charge in [0.15, 0.2) is 0 Å². The molecule has 1 aromatic rings. The van der Waals surface area contributed by atoms with Gasteiger partial charge in [-0.1, -0.05) is 27.7 Å². The third-order valence-corrected chi connectivity index (χ3v) is 2.24. The number of ether oxygens (including phenoxy) is 1. The first-order valence-electron chi connectivity index (χ1n) is 6.36. The number of pyridine rings is 1. The van der Waals surface area contributed by atoms with Crippen LogP contribution < -0.4 is 10.1 Å². The second-order valence-corrected chi connectivity index (χ2v) is 5.21. The molecule has 0 aliphatic carbocycles. The van der Waals surface area contributed by atoms with Gasteiger partial charge in [0, 0.05) is 6.54 Å². The van der Waals surface area contributed by atoms with Gasteiger partial charge in [-0.15, -0.1) is 0 Å². The number of hydrogen-bond acceptors (Lipinski definition) is 3. The zero-order chi connectivity index (χ0) is 12.7. The monoisotopic (exact) mass is 236 g/mol. The van der Waals surface area contributed by atoms with Gasteiger partial charge in [0.05, 0.1) is 18.5 Å². The minimum absolute atomic E-state index is 0.544. The molecule has 1 N–H and O–H groups in total. The highest BCUT2D eigenvalue weighted by Crippen LogP contribution is 2.10. The van der Waals surface area contributed by atoms with Crippen molar-refractivity contribution >= 4 is 0 Å². The van der Waals surface area contributed by atoms with Gasteiger partial charge in [-0.3, -0.25) is 4.98 Å². The Bertz CT molecular complexity index is 307.